The fourth-order valence-electron chi connectivity index (χ4n) is 2.83. The highest BCUT2D eigenvalue weighted by Gasteiger charge is 2.18. The van der Waals surface area contributed by atoms with Crippen molar-refractivity contribution in [3.05, 3.63) is 56.1 Å². The Bertz CT molecular complexity index is 1150. The van der Waals surface area contributed by atoms with E-state index in [4.69, 9.17) is 5.11 Å². The molecule has 3 N–H and O–H groups in total. The van der Waals surface area contributed by atoms with E-state index < -0.39 is 5.56 Å². The van der Waals surface area contributed by atoms with Crippen molar-refractivity contribution in [3.8, 4) is 5.13 Å². The second-order valence-corrected chi connectivity index (χ2v) is 6.51. The first-order valence-corrected chi connectivity index (χ1v) is 8.25. The summed E-state index contributed by atoms with van der Waals surface area (Å²) in [5, 5.41) is 12.6. The van der Waals surface area contributed by atoms with E-state index in [1.165, 1.54) is 16.0 Å². The van der Waals surface area contributed by atoms with Gasteiger partial charge >= 0.3 is 0 Å². The molecule has 0 fully saturated rings. The number of aromatic amines is 2. The van der Waals surface area contributed by atoms with Crippen molar-refractivity contribution in [1.82, 2.24) is 19.7 Å². The Hall–Kier alpha value is -2.71. The second-order valence-electron chi connectivity index (χ2n) is 5.50. The van der Waals surface area contributed by atoms with Crippen LogP contribution in [0.3, 0.4) is 0 Å². The summed E-state index contributed by atoms with van der Waals surface area (Å²) >= 11 is 1.37. The van der Waals surface area contributed by atoms with Crippen LogP contribution in [-0.4, -0.2) is 31.5 Å². The lowest BCUT2D eigenvalue weighted by Gasteiger charge is -2.02. The molecule has 122 valence electrons. The van der Waals surface area contributed by atoms with Gasteiger partial charge in [0.25, 0.3) is 5.56 Å². The average molecular weight is 342 g/mol. The Morgan fingerprint density at radius 1 is 1.29 bits per heavy atom. The molecule has 0 unspecified atom stereocenters. The van der Waals surface area contributed by atoms with Crippen LogP contribution >= 0.6 is 11.3 Å². The number of aryl methyl sites for hydroxylation is 1. The Morgan fingerprint density at radius 2 is 2.08 bits per heavy atom. The minimum absolute atomic E-state index is 0.0586. The molecule has 4 aromatic rings. The number of fused-ring (bicyclic) bond motifs is 2. The average Bonchev–Trinajstić information content (AvgIpc) is 3.12. The van der Waals surface area contributed by atoms with Crippen LogP contribution in [0.5, 0.6) is 0 Å². The number of para-hydroxylation sites is 1. The van der Waals surface area contributed by atoms with Crippen LogP contribution in [-0.2, 0) is 6.42 Å². The van der Waals surface area contributed by atoms with E-state index >= 15 is 0 Å². The van der Waals surface area contributed by atoms with E-state index in [0.717, 1.165) is 10.2 Å². The number of rotatable bonds is 3. The summed E-state index contributed by atoms with van der Waals surface area (Å²) in [7, 11) is 0. The number of benzene rings is 1. The van der Waals surface area contributed by atoms with Crippen molar-refractivity contribution in [3.63, 3.8) is 0 Å². The zero-order valence-electron chi connectivity index (χ0n) is 12.8. The first-order valence-electron chi connectivity index (χ1n) is 7.43. The third-order valence-electron chi connectivity index (χ3n) is 3.99. The summed E-state index contributed by atoms with van der Waals surface area (Å²) in [6.45, 7) is 1.60. The molecule has 4 rings (SSSR count). The van der Waals surface area contributed by atoms with Crippen LogP contribution < -0.4 is 11.0 Å². The van der Waals surface area contributed by atoms with E-state index in [1.807, 2.05) is 24.3 Å². The van der Waals surface area contributed by atoms with Gasteiger partial charge in [0.2, 0.25) is 5.13 Å². The summed E-state index contributed by atoms with van der Waals surface area (Å²) in [5.74, 6) is 0. The normalized spacial score (nSPS) is 11.6. The molecule has 8 heteroatoms. The standard InChI is InChI=1S/C16H14N4O3S/c1-8-9(6-7-21)13(22)12-14(17-8)19-20(15(12)23)16-18-10-4-2-3-5-11(10)24-16/h2-5,21H,6-7H2,1H3,(H2,17,19,22). The van der Waals surface area contributed by atoms with Gasteiger partial charge < -0.3 is 10.1 Å². The summed E-state index contributed by atoms with van der Waals surface area (Å²) in [4.78, 5) is 32.8. The predicted molar refractivity (Wildman–Crippen MR) is 93.2 cm³/mol. The van der Waals surface area contributed by atoms with Crippen molar-refractivity contribution in [2.75, 3.05) is 6.61 Å². The highest BCUT2D eigenvalue weighted by molar-refractivity contribution is 7.20. The molecule has 0 saturated carbocycles. The fourth-order valence-corrected chi connectivity index (χ4v) is 3.75. The van der Waals surface area contributed by atoms with Gasteiger partial charge in [-0.1, -0.05) is 23.5 Å². The molecule has 0 atom stereocenters. The Balaban J connectivity index is 2.00. The molecule has 0 spiro atoms. The van der Waals surface area contributed by atoms with Gasteiger partial charge in [0.1, 0.15) is 11.0 Å². The van der Waals surface area contributed by atoms with E-state index in [1.54, 1.807) is 6.92 Å². The van der Waals surface area contributed by atoms with E-state index in [9.17, 15) is 9.59 Å². The van der Waals surface area contributed by atoms with Crippen LogP contribution in [0.25, 0.3) is 26.4 Å². The highest BCUT2D eigenvalue weighted by Crippen LogP contribution is 2.23. The number of H-pyrrole nitrogens is 2. The number of hydrogen-bond acceptors (Lipinski definition) is 5. The molecule has 0 bridgehead atoms. The Kier molecular flexibility index (Phi) is 3.36. The molecule has 0 aliphatic rings. The maximum absolute atomic E-state index is 12.7. The van der Waals surface area contributed by atoms with Gasteiger partial charge in [-0.3, -0.25) is 14.7 Å². The quantitative estimate of drug-likeness (QED) is 0.524. The van der Waals surface area contributed by atoms with Crippen molar-refractivity contribution in [1.29, 1.82) is 0 Å². The maximum atomic E-state index is 12.7. The maximum Gasteiger partial charge on any atom is 0.286 e. The topological polar surface area (TPSA) is 104 Å². The summed E-state index contributed by atoms with van der Waals surface area (Å²) in [6, 6.07) is 7.59. The number of thiazole rings is 1. The Morgan fingerprint density at radius 3 is 2.83 bits per heavy atom. The third kappa shape index (κ3) is 2.11. The second kappa shape index (κ2) is 5.43. The molecule has 3 heterocycles. The van der Waals surface area contributed by atoms with Gasteiger partial charge in [0.05, 0.1) is 10.2 Å². The zero-order valence-corrected chi connectivity index (χ0v) is 13.6. The fraction of sp³-hybridized carbons (Fsp3) is 0.188. The lowest BCUT2D eigenvalue weighted by Crippen LogP contribution is -2.21. The van der Waals surface area contributed by atoms with Gasteiger partial charge in [-0.05, 0) is 19.1 Å². The predicted octanol–water partition coefficient (Wildman–Crippen LogP) is 1.46. The lowest BCUT2D eigenvalue weighted by atomic mass is 10.1. The van der Waals surface area contributed by atoms with Crippen LogP contribution in [0, 0.1) is 6.92 Å². The highest BCUT2D eigenvalue weighted by atomic mass is 32.1. The van der Waals surface area contributed by atoms with Crippen LogP contribution in [0.15, 0.2) is 33.9 Å². The molecule has 0 amide bonds. The lowest BCUT2D eigenvalue weighted by molar-refractivity contribution is 0.299. The first-order chi connectivity index (χ1) is 11.6. The molecule has 1 aromatic carbocycles. The minimum atomic E-state index is -0.440. The molecule has 3 aromatic heterocycles. The van der Waals surface area contributed by atoms with E-state index in [0.29, 0.717) is 22.0 Å². The molecular formula is C16H14N4O3S. The van der Waals surface area contributed by atoms with Crippen LogP contribution in [0.1, 0.15) is 11.3 Å². The van der Waals surface area contributed by atoms with Gasteiger partial charge in [0.15, 0.2) is 5.43 Å². The largest absolute Gasteiger partial charge is 0.396 e. The summed E-state index contributed by atoms with van der Waals surface area (Å²) in [6.07, 6.45) is 0.211. The van der Waals surface area contributed by atoms with Crippen LogP contribution in [0.4, 0.5) is 0 Å². The number of aromatic nitrogens is 4. The molecule has 0 aliphatic heterocycles. The molecule has 7 nitrogen and oxygen atoms in total. The number of pyridine rings is 1. The molecule has 0 saturated heterocycles. The number of hydrogen-bond donors (Lipinski definition) is 3. The van der Waals surface area contributed by atoms with E-state index in [-0.39, 0.29) is 23.8 Å². The monoisotopic (exact) mass is 342 g/mol. The van der Waals surface area contributed by atoms with Gasteiger partial charge in [-0.25, -0.2) is 4.98 Å². The van der Waals surface area contributed by atoms with Crippen molar-refractivity contribution in [2.45, 2.75) is 13.3 Å². The van der Waals surface area contributed by atoms with Gasteiger partial charge in [0, 0.05) is 24.3 Å². The number of aliphatic hydroxyl groups excluding tert-OH is 1. The molecule has 24 heavy (non-hydrogen) atoms. The van der Waals surface area contributed by atoms with Gasteiger partial charge in [-0.2, -0.15) is 4.68 Å². The van der Waals surface area contributed by atoms with Crippen molar-refractivity contribution in [2.24, 2.45) is 0 Å². The van der Waals surface area contributed by atoms with Crippen LogP contribution in [0.2, 0.25) is 0 Å². The van der Waals surface area contributed by atoms with E-state index in [2.05, 4.69) is 15.1 Å². The van der Waals surface area contributed by atoms with Crippen molar-refractivity contribution < 1.29 is 5.11 Å². The van der Waals surface area contributed by atoms with Gasteiger partial charge in [-0.15, -0.1) is 0 Å². The number of nitrogens with one attached hydrogen (secondary N) is 2. The zero-order chi connectivity index (χ0) is 16.8. The number of aliphatic hydroxyl groups is 1. The smallest absolute Gasteiger partial charge is 0.286 e. The molecule has 0 radical (unpaired) electrons. The number of nitrogens with zero attached hydrogens (tertiary/aromatic N) is 2. The molecular weight excluding hydrogens is 328 g/mol. The summed E-state index contributed by atoms with van der Waals surface area (Å²) in [5.41, 5.74) is 1.44. The minimum Gasteiger partial charge on any atom is -0.396 e. The third-order valence-corrected chi connectivity index (χ3v) is 5.01. The summed E-state index contributed by atoms with van der Waals surface area (Å²) < 4.78 is 2.25. The molecule has 0 aliphatic carbocycles. The first kappa shape index (κ1) is 14.9. The Labute approximate surface area is 139 Å². The SMILES string of the molecule is Cc1[nH]c2[nH]n(-c3nc4ccccc4s3)c(=O)c2c(=O)c1CCO. The van der Waals surface area contributed by atoms with Crippen molar-refractivity contribution >= 4 is 32.6 Å².